The summed E-state index contributed by atoms with van der Waals surface area (Å²) in [5, 5.41) is 25.9. The Hall–Kier alpha value is -4.13. The first kappa shape index (κ1) is 44.3. The Morgan fingerprint density at radius 1 is 0.818 bits per heavy atom. The van der Waals surface area contributed by atoms with Crippen LogP contribution < -0.4 is 0 Å². The fourth-order valence-electron chi connectivity index (χ4n) is 2.44. The van der Waals surface area contributed by atoms with Crippen molar-refractivity contribution in [1.82, 2.24) is 0 Å². The van der Waals surface area contributed by atoms with Gasteiger partial charge in [-0.15, -0.1) is 0 Å². The van der Waals surface area contributed by atoms with E-state index >= 15 is 0 Å². The van der Waals surface area contributed by atoms with Crippen molar-refractivity contribution in [2.75, 3.05) is 52.8 Å². The zero-order valence-corrected chi connectivity index (χ0v) is 26.0. The number of aliphatic hydroxyl groups is 3. The molecule has 0 aliphatic carbocycles. The van der Waals surface area contributed by atoms with Crippen molar-refractivity contribution in [3.63, 3.8) is 0 Å². The number of aliphatic hydroxyl groups excluding tert-OH is 3. The van der Waals surface area contributed by atoms with Crippen LogP contribution in [-0.4, -0.2) is 120 Å². The van der Waals surface area contributed by atoms with Gasteiger partial charge in [0.15, 0.2) is 6.61 Å². The third-order valence-corrected chi connectivity index (χ3v) is 5.76. The molecule has 1 aliphatic rings. The van der Waals surface area contributed by atoms with Gasteiger partial charge in [-0.1, -0.05) is 0 Å². The summed E-state index contributed by atoms with van der Waals surface area (Å²) < 4.78 is 20.3. The monoisotopic (exact) mass is 624 g/mol. The first-order valence-corrected chi connectivity index (χ1v) is 12.8. The van der Waals surface area contributed by atoms with Crippen LogP contribution in [0.25, 0.3) is 19.4 Å². The quantitative estimate of drug-likeness (QED) is 0.213. The fraction of sp³-hybridized carbons (Fsp3) is 0.679. The second kappa shape index (κ2) is 21.5. The summed E-state index contributed by atoms with van der Waals surface area (Å²) in [6.45, 7) is 34.4. The van der Waals surface area contributed by atoms with E-state index in [4.69, 9.17) is 55.8 Å². The summed E-state index contributed by atoms with van der Waals surface area (Å²) >= 11 is 0. The summed E-state index contributed by atoms with van der Waals surface area (Å²) in [5.74, 6) is -3.03. The molecule has 244 valence electrons. The molecule has 0 amide bonds. The number of carbonyl (C=O) groups is 5. The van der Waals surface area contributed by atoms with Crippen LogP contribution in [0.1, 0.15) is 48.5 Å². The van der Waals surface area contributed by atoms with Gasteiger partial charge in [0.1, 0.15) is 33.0 Å². The Bertz CT molecular complexity index is 1150. The molecule has 0 aromatic heterocycles. The summed E-state index contributed by atoms with van der Waals surface area (Å²) in [4.78, 5) is 65.1. The van der Waals surface area contributed by atoms with E-state index in [-0.39, 0.29) is 31.3 Å². The van der Waals surface area contributed by atoms with Crippen LogP contribution in [-0.2, 0) is 42.9 Å². The first-order valence-electron chi connectivity index (χ1n) is 12.8. The largest absolute Gasteiger partial charge is 0.457 e. The van der Waals surface area contributed by atoms with Gasteiger partial charge in [0.05, 0.1) is 0 Å². The van der Waals surface area contributed by atoms with Crippen molar-refractivity contribution >= 4 is 29.1 Å². The molecule has 1 fully saturated rings. The lowest BCUT2D eigenvalue weighted by Crippen LogP contribution is -2.55. The normalized spacial score (nSPS) is 19.7. The molecule has 3 N–H and O–H groups in total. The van der Waals surface area contributed by atoms with Crippen LogP contribution in [0, 0.1) is 26.3 Å². The van der Waals surface area contributed by atoms with Crippen molar-refractivity contribution in [3.8, 4) is 0 Å². The average molecular weight is 625 g/mol. The van der Waals surface area contributed by atoms with Crippen molar-refractivity contribution in [2.24, 2.45) is 0 Å². The van der Waals surface area contributed by atoms with E-state index in [1.165, 1.54) is 34.6 Å². The van der Waals surface area contributed by atoms with Crippen LogP contribution >= 0.6 is 0 Å². The molecular formula is C28H40N4O12. The van der Waals surface area contributed by atoms with Crippen molar-refractivity contribution < 1.29 is 58.2 Å². The number of ketones is 4. The zero-order valence-electron chi connectivity index (χ0n) is 26.0. The van der Waals surface area contributed by atoms with Gasteiger partial charge in [-0.25, -0.2) is 26.3 Å². The smallest absolute Gasteiger partial charge is 0.344 e. The summed E-state index contributed by atoms with van der Waals surface area (Å²) in [6.07, 6.45) is 0. The fourth-order valence-corrected chi connectivity index (χ4v) is 2.44. The van der Waals surface area contributed by atoms with Crippen molar-refractivity contribution in [3.05, 3.63) is 45.7 Å². The maximum Gasteiger partial charge on any atom is 0.344 e. The molecule has 1 heterocycles. The highest BCUT2D eigenvalue weighted by Gasteiger charge is 2.52. The number of hydrogen-bond acceptors (Lipinski definition) is 12. The standard InChI is InChI=1S/C10H15NO4.C8H11NO4.C6H9NO3.C4H5NO/c1-5-13-9(3)14-6-10(11-4,7-15-9)8(2)12;1-6(11)8(4-10,9-3)5-13-7(2)12;1-5(10)6(3-8,4-9)7-2;1-4(6)3-5-2/h5-7H2,1-3H3;10H,4-5H2,1-2H3;8-9H,3-4H2,1H3;3H2,1H3. The van der Waals surface area contributed by atoms with Gasteiger partial charge in [0.2, 0.25) is 23.1 Å². The SMILES string of the molecule is [C-]#[N+]C(CO)(CO)C(C)=O.[C-]#[N+]C(CO)(COC(C)=O)C(C)=O.[C-]#[N+]C1(C(C)=O)COC(C)(OCC)OC1.[C-]#[N+]CC(C)=O. The molecule has 44 heavy (non-hydrogen) atoms. The molecule has 1 saturated heterocycles. The second-order valence-corrected chi connectivity index (χ2v) is 9.24. The maximum absolute atomic E-state index is 11.3. The number of carbonyl (C=O) groups excluding carboxylic acids is 5. The lowest BCUT2D eigenvalue weighted by atomic mass is 9.97. The molecule has 0 bridgehead atoms. The summed E-state index contributed by atoms with van der Waals surface area (Å²) in [7, 11) is 0. The minimum Gasteiger partial charge on any atom is -0.457 e. The van der Waals surface area contributed by atoms with Crippen LogP contribution in [0.5, 0.6) is 0 Å². The number of ether oxygens (including phenoxy) is 4. The van der Waals surface area contributed by atoms with E-state index in [1.54, 1.807) is 6.92 Å². The minimum atomic E-state index is -1.62. The van der Waals surface area contributed by atoms with Crippen LogP contribution in [0.3, 0.4) is 0 Å². The third-order valence-electron chi connectivity index (χ3n) is 5.76. The van der Waals surface area contributed by atoms with E-state index in [2.05, 4.69) is 24.1 Å². The van der Waals surface area contributed by atoms with Crippen LogP contribution in [0.4, 0.5) is 0 Å². The van der Waals surface area contributed by atoms with E-state index < -0.39 is 66.6 Å². The Morgan fingerprint density at radius 2 is 1.25 bits per heavy atom. The van der Waals surface area contributed by atoms with Crippen LogP contribution in [0.15, 0.2) is 0 Å². The highest BCUT2D eigenvalue weighted by atomic mass is 16.9. The lowest BCUT2D eigenvalue weighted by Gasteiger charge is -2.36. The average Bonchev–Trinajstić information content (AvgIpc) is 2.96. The molecule has 0 radical (unpaired) electrons. The number of hydrogen-bond donors (Lipinski definition) is 3. The Kier molecular flexibility index (Phi) is 21.7. The molecule has 16 nitrogen and oxygen atoms in total. The Morgan fingerprint density at radius 3 is 1.43 bits per heavy atom. The highest BCUT2D eigenvalue weighted by Crippen LogP contribution is 2.28. The lowest BCUT2D eigenvalue weighted by molar-refractivity contribution is -0.393. The van der Waals surface area contributed by atoms with E-state index in [9.17, 15) is 24.0 Å². The number of Topliss-reactive ketones (excluding diaryl/α,β-unsaturated/α-hetero) is 4. The summed E-state index contributed by atoms with van der Waals surface area (Å²) in [6, 6.07) is 0. The minimum absolute atomic E-state index is 0.0162. The topological polar surface area (TPSA) is 200 Å². The molecule has 0 saturated carbocycles. The molecule has 0 aromatic rings. The van der Waals surface area contributed by atoms with Gasteiger partial charge < -0.3 is 39.1 Å². The van der Waals surface area contributed by atoms with Crippen molar-refractivity contribution in [2.45, 2.75) is 71.1 Å². The third kappa shape index (κ3) is 14.9. The van der Waals surface area contributed by atoms with Gasteiger partial charge >= 0.3 is 22.6 Å². The number of nitrogens with zero attached hydrogens (tertiary/aromatic N) is 4. The van der Waals surface area contributed by atoms with Gasteiger partial charge in [-0.2, -0.15) is 0 Å². The second-order valence-electron chi connectivity index (χ2n) is 9.24. The van der Waals surface area contributed by atoms with Gasteiger partial charge in [-0.05, 0) is 6.92 Å². The van der Waals surface area contributed by atoms with Crippen molar-refractivity contribution in [1.29, 1.82) is 0 Å². The Labute approximate surface area is 257 Å². The first-order chi connectivity index (χ1) is 20.4. The Balaban J connectivity index is -0.000000533. The highest BCUT2D eigenvalue weighted by molar-refractivity contribution is 5.89. The number of rotatable bonds is 11. The van der Waals surface area contributed by atoms with E-state index in [0.29, 0.717) is 6.61 Å². The summed E-state index contributed by atoms with van der Waals surface area (Å²) in [5.41, 5.74) is -4.43. The predicted octanol–water partition coefficient (Wildman–Crippen LogP) is 0.492. The number of esters is 1. The molecule has 1 atom stereocenters. The van der Waals surface area contributed by atoms with Gasteiger partial charge in [-0.3, -0.25) is 38.5 Å². The molecule has 16 heteroatoms. The molecule has 1 rings (SSSR count). The van der Waals surface area contributed by atoms with E-state index in [0.717, 1.165) is 0 Å². The maximum atomic E-state index is 11.3. The van der Waals surface area contributed by atoms with Crippen LogP contribution in [0.2, 0.25) is 0 Å². The van der Waals surface area contributed by atoms with E-state index in [1.807, 2.05) is 6.92 Å². The predicted molar refractivity (Wildman–Crippen MR) is 152 cm³/mol. The molecule has 1 aliphatic heterocycles. The van der Waals surface area contributed by atoms with Gasteiger partial charge in [0, 0.05) is 48.1 Å². The molecule has 0 aromatic carbocycles. The molecule has 1 unspecified atom stereocenters. The molecular weight excluding hydrogens is 584 g/mol. The molecule has 0 spiro atoms. The van der Waals surface area contributed by atoms with Gasteiger partial charge in [0.25, 0.3) is 12.5 Å². The zero-order chi connectivity index (χ0) is 35.2.